The molecule has 3 aromatic rings. The highest BCUT2D eigenvalue weighted by Crippen LogP contribution is 2.28. The van der Waals surface area contributed by atoms with Gasteiger partial charge in [0.15, 0.2) is 5.16 Å². The van der Waals surface area contributed by atoms with Crippen molar-refractivity contribution < 1.29 is 9.53 Å². The zero-order chi connectivity index (χ0) is 19.4. The first-order valence-electron chi connectivity index (χ1n) is 8.34. The Hall–Kier alpha value is -2.44. The van der Waals surface area contributed by atoms with Crippen LogP contribution in [0.5, 0.6) is 5.75 Å². The van der Waals surface area contributed by atoms with Crippen LogP contribution in [0.1, 0.15) is 11.1 Å². The molecule has 0 aliphatic heterocycles. The molecular weight excluding hydrogens is 382 g/mol. The minimum absolute atomic E-state index is 0.157. The molecule has 0 spiro atoms. The van der Waals surface area contributed by atoms with Crippen LogP contribution in [0.2, 0.25) is 5.02 Å². The Morgan fingerprint density at radius 3 is 2.67 bits per heavy atom. The first-order valence-corrected chi connectivity index (χ1v) is 9.71. The lowest BCUT2D eigenvalue weighted by atomic mass is 10.1. The summed E-state index contributed by atoms with van der Waals surface area (Å²) in [6.07, 6.45) is 3.63. The van der Waals surface area contributed by atoms with Gasteiger partial charge in [0.1, 0.15) is 5.75 Å². The highest BCUT2D eigenvalue weighted by atomic mass is 35.5. The molecule has 27 heavy (non-hydrogen) atoms. The maximum absolute atomic E-state index is 12.4. The molecular formula is C20H20ClN3O2S. The molecule has 0 aliphatic carbocycles. The molecule has 0 unspecified atom stereocenters. The van der Waals surface area contributed by atoms with E-state index in [4.69, 9.17) is 16.3 Å². The van der Waals surface area contributed by atoms with Crippen molar-refractivity contribution in [1.82, 2.24) is 9.55 Å². The highest BCUT2D eigenvalue weighted by molar-refractivity contribution is 7.99. The van der Waals surface area contributed by atoms with Gasteiger partial charge >= 0.3 is 0 Å². The van der Waals surface area contributed by atoms with Gasteiger partial charge in [-0.15, -0.1) is 0 Å². The SMILES string of the molecule is COc1ccc(Cl)cc1NC(=O)CSc1nccn1-c1cc(C)cc(C)c1. The monoisotopic (exact) mass is 401 g/mol. The fourth-order valence-electron chi connectivity index (χ4n) is 2.78. The van der Waals surface area contributed by atoms with E-state index < -0.39 is 0 Å². The van der Waals surface area contributed by atoms with E-state index in [1.807, 2.05) is 10.8 Å². The van der Waals surface area contributed by atoms with Gasteiger partial charge in [-0.1, -0.05) is 29.4 Å². The quantitative estimate of drug-likeness (QED) is 0.598. The molecule has 1 N–H and O–H groups in total. The number of halogens is 1. The normalized spacial score (nSPS) is 10.7. The van der Waals surface area contributed by atoms with Crippen LogP contribution in [0.4, 0.5) is 5.69 Å². The van der Waals surface area contributed by atoms with Crippen LogP contribution in [0.3, 0.4) is 0 Å². The van der Waals surface area contributed by atoms with Gasteiger partial charge in [-0.3, -0.25) is 9.36 Å². The van der Waals surface area contributed by atoms with Gasteiger partial charge in [0.2, 0.25) is 5.91 Å². The lowest BCUT2D eigenvalue weighted by molar-refractivity contribution is -0.113. The lowest BCUT2D eigenvalue weighted by Gasteiger charge is -2.11. The number of ether oxygens (including phenoxy) is 1. The molecule has 0 radical (unpaired) electrons. The molecule has 5 nitrogen and oxygen atoms in total. The Balaban J connectivity index is 1.70. The number of nitrogens with one attached hydrogen (secondary N) is 1. The lowest BCUT2D eigenvalue weighted by Crippen LogP contribution is -2.15. The van der Waals surface area contributed by atoms with Crippen molar-refractivity contribution >= 4 is 35.0 Å². The van der Waals surface area contributed by atoms with Crippen molar-refractivity contribution in [2.75, 3.05) is 18.2 Å². The fourth-order valence-corrected chi connectivity index (χ4v) is 3.72. The number of imidazole rings is 1. The Kier molecular flexibility index (Phi) is 6.08. The third-order valence-corrected chi connectivity index (χ3v) is 5.06. The van der Waals surface area contributed by atoms with E-state index >= 15 is 0 Å². The standard InChI is InChI=1S/C20H20ClN3O2S/c1-13-8-14(2)10-16(9-13)24-7-6-22-20(24)27-12-19(25)23-17-11-15(21)4-5-18(17)26-3/h4-11H,12H2,1-3H3,(H,23,25). The number of carbonyl (C=O) groups is 1. The van der Waals surface area contributed by atoms with Gasteiger partial charge in [0.25, 0.3) is 0 Å². The van der Waals surface area contributed by atoms with Crippen LogP contribution < -0.4 is 10.1 Å². The van der Waals surface area contributed by atoms with E-state index in [1.165, 1.54) is 22.9 Å². The topological polar surface area (TPSA) is 56.1 Å². The number of aryl methyl sites for hydroxylation is 2. The first-order chi connectivity index (χ1) is 13.0. The second-order valence-corrected chi connectivity index (χ2v) is 7.49. The van der Waals surface area contributed by atoms with Gasteiger partial charge < -0.3 is 10.1 Å². The summed E-state index contributed by atoms with van der Waals surface area (Å²) in [5.74, 6) is 0.627. The number of nitrogens with zero attached hydrogens (tertiary/aromatic N) is 2. The third kappa shape index (κ3) is 4.84. The van der Waals surface area contributed by atoms with E-state index in [9.17, 15) is 4.79 Å². The van der Waals surface area contributed by atoms with Crippen molar-refractivity contribution in [3.63, 3.8) is 0 Å². The molecule has 2 aromatic carbocycles. The summed E-state index contributed by atoms with van der Waals surface area (Å²) < 4.78 is 7.24. The maximum Gasteiger partial charge on any atom is 0.234 e. The van der Waals surface area contributed by atoms with E-state index in [0.717, 1.165) is 10.8 Å². The minimum atomic E-state index is -0.157. The van der Waals surface area contributed by atoms with E-state index in [1.54, 1.807) is 31.5 Å². The number of carbonyl (C=O) groups excluding carboxylic acids is 1. The number of amides is 1. The number of anilines is 1. The highest BCUT2D eigenvalue weighted by Gasteiger charge is 2.12. The zero-order valence-corrected chi connectivity index (χ0v) is 16.9. The van der Waals surface area contributed by atoms with Crippen LogP contribution in [0.15, 0.2) is 53.9 Å². The summed E-state index contributed by atoms with van der Waals surface area (Å²) >= 11 is 7.38. The van der Waals surface area contributed by atoms with Crippen molar-refractivity contribution in [2.45, 2.75) is 19.0 Å². The third-order valence-electron chi connectivity index (χ3n) is 3.86. The number of methoxy groups -OCH3 is 1. The van der Waals surface area contributed by atoms with Crippen LogP contribution in [-0.2, 0) is 4.79 Å². The van der Waals surface area contributed by atoms with E-state index in [2.05, 4.69) is 42.3 Å². The molecule has 7 heteroatoms. The molecule has 1 heterocycles. The molecule has 0 saturated carbocycles. The number of aromatic nitrogens is 2. The van der Waals surface area contributed by atoms with Gasteiger partial charge in [0, 0.05) is 23.1 Å². The number of rotatable bonds is 6. The Bertz CT molecular complexity index is 951. The van der Waals surface area contributed by atoms with Crippen molar-refractivity contribution in [3.05, 3.63) is 64.9 Å². The fraction of sp³-hybridized carbons (Fsp3) is 0.200. The van der Waals surface area contributed by atoms with E-state index in [0.29, 0.717) is 16.5 Å². The molecule has 3 rings (SSSR count). The van der Waals surface area contributed by atoms with Gasteiger partial charge in [0.05, 0.1) is 18.6 Å². The summed E-state index contributed by atoms with van der Waals surface area (Å²) in [7, 11) is 1.55. The molecule has 0 bridgehead atoms. The number of hydrogen-bond donors (Lipinski definition) is 1. The number of hydrogen-bond acceptors (Lipinski definition) is 4. The second-order valence-electron chi connectivity index (χ2n) is 6.11. The summed E-state index contributed by atoms with van der Waals surface area (Å²) in [5, 5.41) is 4.13. The second kappa shape index (κ2) is 8.50. The van der Waals surface area contributed by atoms with Crippen LogP contribution in [0, 0.1) is 13.8 Å². The summed E-state index contributed by atoms with van der Waals surface area (Å²) in [6.45, 7) is 4.12. The van der Waals surface area contributed by atoms with Gasteiger partial charge in [-0.2, -0.15) is 0 Å². The summed E-state index contributed by atoms with van der Waals surface area (Å²) in [4.78, 5) is 16.8. The zero-order valence-electron chi connectivity index (χ0n) is 15.3. The van der Waals surface area contributed by atoms with Crippen LogP contribution in [0.25, 0.3) is 5.69 Å². The molecule has 0 aliphatic rings. The largest absolute Gasteiger partial charge is 0.495 e. The molecule has 140 valence electrons. The molecule has 0 atom stereocenters. The number of thioether (sulfide) groups is 1. The summed E-state index contributed by atoms with van der Waals surface area (Å²) in [5.41, 5.74) is 3.94. The Morgan fingerprint density at radius 2 is 1.96 bits per heavy atom. The number of benzene rings is 2. The van der Waals surface area contributed by atoms with E-state index in [-0.39, 0.29) is 11.7 Å². The molecule has 0 fully saturated rings. The Labute approximate surface area is 167 Å². The summed E-state index contributed by atoms with van der Waals surface area (Å²) in [6, 6.07) is 11.4. The van der Waals surface area contributed by atoms with Crippen molar-refractivity contribution in [1.29, 1.82) is 0 Å². The smallest absolute Gasteiger partial charge is 0.234 e. The average Bonchev–Trinajstić information content (AvgIpc) is 3.08. The molecule has 0 saturated heterocycles. The van der Waals surface area contributed by atoms with Crippen LogP contribution >= 0.6 is 23.4 Å². The predicted molar refractivity (Wildman–Crippen MR) is 110 cm³/mol. The van der Waals surface area contributed by atoms with Crippen molar-refractivity contribution in [3.8, 4) is 11.4 Å². The average molecular weight is 402 g/mol. The Morgan fingerprint density at radius 1 is 1.22 bits per heavy atom. The molecule has 1 amide bonds. The van der Waals surface area contributed by atoms with Gasteiger partial charge in [-0.25, -0.2) is 4.98 Å². The molecule has 1 aromatic heterocycles. The first kappa shape index (κ1) is 19.3. The predicted octanol–water partition coefficient (Wildman–Crippen LogP) is 4.88. The van der Waals surface area contributed by atoms with Crippen molar-refractivity contribution in [2.24, 2.45) is 0 Å². The minimum Gasteiger partial charge on any atom is -0.495 e. The van der Waals surface area contributed by atoms with Gasteiger partial charge in [-0.05, 0) is 55.3 Å². The van der Waals surface area contributed by atoms with Crippen LogP contribution in [-0.4, -0.2) is 28.3 Å². The maximum atomic E-state index is 12.4.